The Balaban J connectivity index is 2.51. The van der Waals surface area contributed by atoms with Gasteiger partial charge in [-0.3, -0.25) is 4.72 Å². The third-order valence-corrected chi connectivity index (χ3v) is 4.04. The first kappa shape index (κ1) is 8.56. The highest BCUT2D eigenvalue weighted by molar-refractivity contribution is 7.93. The topological polar surface area (TPSA) is 46.2 Å². The molecule has 1 aromatic rings. The fourth-order valence-electron chi connectivity index (χ4n) is 1.47. The molecule has 0 radical (unpaired) electrons. The van der Waals surface area contributed by atoms with Gasteiger partial charge in [0.05, 0.1) is 10.9 Å². The van der Waals surface area contributed by atoms with Crippen molar-refractivity contribution in [2.24, 2.45) is 0 Å². The van der Waals surface area contributed by atoms with Crippen LogP contribution in [-0.4, -0.2) is 13.7 Å². The number of sulfonamides is 1. The number of hydrogen-bond acceptors (Lipinski definition) is 2. The molecule has 0 amide bonds. The number of fused-ring (bicyclic) bond motifs is 1. The summed E-state index contributed by atoms with van der Waals surface area (Å²) >= 11 is 0. The normalized spacial score (nSPS) is 24.5. The molecule has 0 saturated carbocycles. The predicted octanol–water partition coefficient (Wildman–Crippen LogP) is 1.37. The number of nitrogens with one attached hydrogen (secondary N) is 1. The van der Waals surface area contributed by atoms with Crippen LogP contribution >= 0.6 is 0 Å². The molecule has 1 atom stereocenters. The number of rotatable bonds is 0. The molecule has 1 aromatic carbocycles. The zero-order valence-electron chi connectivity index (χ0n) is 7.32. The molecule has 13 heavy (non-hydrogen) atoms. The summed E-state index contributed by atoms with van der Waals surface area (Å²) in [5.74, 6) is 0. The van der Waals surface area contributed by atoms with Crippen molar-refractivity contribution in [1.29, 1.82) is 0 Å². The number of hydrogen-bond donors (Lipinski definition) is 1. The fraction of sp³-hybridized carbons (Fsp3) is 0.333. The van der Waals surface area contributed by atoms with Crippen LogP contribution in [0.4, 0.5) is 5.69 Å². The minimum Gasteiger partial charge on any atom is -0.283 e. The van der Waals surface area contributed by atoms with E-state index in [1.807, 2.05) is 18.2 Å². The second-order valence-electron chi connectivity index (χ2n) is 3.32. The highest BCUT2D eigenvalue weighted by Crippen LogP contribution is 2.26. The zero-order chi connectivity index (χ0) is 9.47. The number of para-hydroxylation sites is 1. The van der Waals surface area contributed by atoms with Gasteiger partial charge in [-0.2, -0.15) is 0 Å². The molecule has 2 rings (SSSR count). The quantitative estimate of drug-likeness (QED) is 0.682. The van der Waals surface area contributed by atoms with Gasteiger partial charge in [-0.15, -0.1) is 0 Å². The van der Waals surface area contributed by atoms with Gasteiger partial charge < -0.3 is 0 Å². The Morgan fingerprint density at radius 2 is 2.08 bits per heavy atom. The molecule has 1 aliphatic heterocycles. The standard InChI is InChI=1S/C9H11NO2S/c1-7-6-8-4-2-3-5-9(8)10-13(7,11)12/h2-5,7,10H,6H2,1H3. The van der Waals surface area contributed by atoms with Crippen molar-refractivity contribution in [3.05, 3.63) is 29.8 Å². The predicted molar refractivity (Wildman–Crippen MR) is 52.2 cm³/mol. The molecule has 4 heteroatoms. The van der Waals surface area contributed by atoms with Gasteiger partial charge in [-0.05, 0) is 25.0 Å². The summed E-state index contributed by atoms with van der Waals surface area (Å²) in [7, 11) is -3.12. The number of benzene rings is 1. The van der Waals surface area contributed by atoms with Gasteiger partial charge in [-0.25, -0.2) is 8.42 Å². The molecule has 1 aliphatic rings. The highest BCUT2D eigenvalue weighted by atomic mass is 32.2. The Labute approximate surface area is 77.8 Å². The summed E-state index contributed by atoms with van der Waals surface area (Å²) in [4.78, 5) is 0. The van der Waals surface area contributed by atoms with E-state index in [-0.39, 0.29) is 5.25 Å². The van der Waals surface area contributed by atoms with Gasteiger partial charge in [0.1, 0.15) is 0 Å². The third-order valence-electron chi connectivity index (χ3n) is 2.31. The van der Waals surface area contributed by atoms with Crippen LogP contribution < -0.4 is 4.72 Å². The second kappa shape index (κ2) is 2.73. The maximum atomic E-state index is 11.4. The Bertz CT molecular complexity index is 425. The van der Waals surface area contributed by atoms with E-state index < -0.39 is 10.0 Å². The van der Waals surface area contributed by atoms with Crippen LogP contribution in [0.1, 0.15) is 12.5 Å². The van der Waals surface area contributed by atoms with Crippen LogP contribution in [0.25, 0.3) is 0 Å². The SMILES string of the molecule is CC1Cc2ccccc2NS1(=O)=O. The van der Waals surface area contributed by atoms with E-state index in [9.17, 15) is 8.42 Å². The highest BCUT2D eigenvalue weighted by Gasteiger charge is 2.27. The minimum absolute atomic E-state index is 0.331. The van der Waals surface area contributed by atoms with E-state index in [4.69, 9.17) is 0 Å². The van der Waals surface area contributed by atoms with Crippen molar-refractivity contribution in [2.45, 2.75) is 18.6 Å². The summed E-state index contributed by atoms with van der Waals surface area (Å²) in [5, 5.41) is -0.331. The van der Waals surface area contributed by atoms with E-state index >= 15 is 0 Å². The summed E-state index contributed by atoms with van der Waals surface area (Å²) < 4.78 is 25.4. The van der Waals surface area contributed by atoms with E-state index in [1.165, 1.54) is 0 Å². The lowest BCUT2D eigenvalue weighted by atomic mass is 10.1. The van der Waals surface area contributed by atoms with Crippen LogP contribution in [0.3, 0.4) is 0 Å². The number of anilines is 1. The second-order valence-corrected chi connectivity index (χ2v) is 5.42. The van der Waals surface area contributed by atoms with Crippen molar-refractivity contribution < 1.29 is 8.42 Å². The Morgan fingerprint density at radius 3 is 2.85 bits per heavy atom. The van der Waals surface area contributed by atoms with Crippen molar-refractivity contribution in [3.63, 3.8) is 0 Å². The van der Waals surface area contributed by atoms with Gasteiger partial charge in [0.25, 0.3) is 0 Å². The lowest BCUT2D eigenvalue weighted by molar-refractivity contribution is 0.585. The van der Waals surface area contributed by atoms with Crippen molar-refractivity contribution >= 4 is 15.7 Å². The van der Waals surface area contributed by atoms with E-state index in [1.54, 1.807) is 13.0 Å². The van der Waals surface area contributed by atoms with Crippen molar-refractivity contribution in [1.82, 2.24) is 0 Å². The minimum atomic E-state index is -3.12. The summed E-state index contributed by atoms with van der Waals surface area (Å²) in [5.41, 5.74) is 1.80. The smallest absolute Gasteiger partial charge is 0.235 e. The molecule has 0 aliphatic carbocycles. The first-order valence-electron chi connectivity index (χ1n) is 4.19. The van der Waals surface area contributed by atoms with Gasteiger partial charge in [-0.1, -0.05) is 18.2 Å². The Hall–Kier alpha value is -1.03. The van der Waals surface area contributed by atoms with Gasteiger partial charge in [0.2, 0.25) is 10.0 Å². The van der Waals surface area contributed by atoms with Gasteiger partial charge in [0.15, 0.2) is 0 Å². The van der Waals surface area contributed by atoms with Gasteiger partial charge in [0, 0.05) is 0 Å². The van der Waals surface area contributed by atoms with Crippen LogP contribution in [0, 0.1) is 0 Å². The lowest BCUT2D eigenvalue weighted by Crippen LogP contribution is -2.31. The maximum absolute atomic E-state index is 11.4. The van der Waals surface area contributed by atoms with E-state index in [2.05, 4.69) is 4.72 Å². The maximum Gasteiger partial charge on any atom is 0.235 e. The molecule has 1 heterocycles. The van der Waals surface area contributed by atoms with E-state index in [0.29, 0.717) is 6.42 Å². The average Bonchev–Trinajstić information content (AvgIpc) is 2.06. The molecule has 1 N–H and O–H groups in total. The molecule has 0 fully saturated rings. The molecule has 0 bridgehead atoms. The lowest BCUT2D eigenvalue weighted by Gasteiger charge is -2.23. The zero-order valence-corrected chi connectivity index (χ0v) is 8.14. The first-order chi connectivity index (χ1) is 6.09. The molecule has 0 spiro atoms. The molecule has 3 nitrogen and oxygen atoms in total. The third kappa shape index (κ3) is 1.42. The first-order valence-corrected chi connectivity index (χ1v) is 5.74. The van der Waals surface area contributed by atoms with Crippen LogP contribution in [0.2, 0.25) is 0 Å². The molecular weight excluding hydrogens is 186 g/mol. The van der Waals surface area contributed by atoms with Crippen LogP contribution in [0.15, 0.2) is 24.3 Å². The molecule has 70 valence electrons. The summed E-state index contributed by atoms with van der Waals surface area (Å²) in [6.07, 6.45) is 0.603. The summed E-state index contributed by atoms with van der Waals surface area (Å²) in [6.45, 7) is 1.72. The monoisotopic (exact) mass is 197 g/mol. The summed E-state index contributed by atoms with van der Waals surface area (Å²) in [6, 6.07) is 7.49. The van der Waals surface area contributed by atoms with Crippen LogP contribution in [-0.2, 0) is 16.4 Å². The van der Waals surface area contributed by atoms with Crippen LogP contribution in [0.5, 0.6) is 0 Å². The van der Waals surface area contributed by atoms with Crippen molar-refractivity contribution in [3.8, 4) is 0 Å². The largest absolute Gasteiger partial charge is 0.283 e. The van der Waals surface area contributed by atoms with Crippen molar-refractivity contribution in [2.75, 3.05) is 4.72 Å². The molecule has 0 aromatic heterocycles. The van der Waals surface area contributed by atoms with E-state index in [0.717, 1.165) is 11.3 Å². The fourth-order valence-corrected chi connectivity index (χ4v) is 2.58. The average molecular weight is 197 g/mol. The molecule has 0 saturated heterocycles. The van der Waals surface area contributed by atoms with Gasteiger partial charge >= 0.3 is 0 Å². The Morgan fingerprint density at radius 1 is 1.38 bits per heavy atom. The molecule has 1 unspecified atom stereocenters. The Kier molecular flexibility index (Phi) is 1.80. The molecular formula is C9H11NO2S.